The summed E-state index contributed by atoms with van der Waals surface area (Å²) >= 11 is 0. The van der Waals surface area contributed by atoms with Gasteiger partial charge in [-0.3, -0.25) is 10.3 Å². The zero-order valence-electron chi connectivity index (χ0n) is 10.8. The SMILES string of the molecule is CC(C)(C)OC(=O)Nc1cnc(C2COC2)cn1. The molecule has 0 aromatic carbocycles. The molecule has 18 heavy (non-hydrogen) atoms. The van der Waals surface area contributed by atoms with Gasteiger partial charge in [0.2, 0.25) is 0 Å². The standard InChI is InChI=1S/C12H17N3O3/c1-12(2,3)18-11(16)15-10-5-13-9(4-14-10)8-6-17-7-8/h4-5,8H,6-7H2,1-3H3,(H,14,15,16). The Bertz CT molecular complexity index is 421. The lowest BCUT2D eigenvalue weighted by molar-refractivity contribution is 0.00657. The molecule has 1 aromatic heterocycles. The van der Waals surface area contributed by atoms with Gasteiger partial charge in [-0.1, -0.05) is 0 Å². The smallest absolute Gasteiger partial charge is 0.413 e. The lowest BCUT2D eigenvalue weighted by Gasteiger charge is -2.25. The predicted molar refractivity (Wildman–Crippen MR) is 65.4 cm³/mol. The Morgan fingerprint density at radius 2 is 2.11 bits per heavy atom. The fraction of sp³-hybridized carbons (Fsp3) is 0.583. The van der Waals surface area contributed by atoms with Crippen molar-refractivity contribution in [2.75, 3.05) is 18.5 Å². The summed E-state index contributed by atoms with van der Waals surface area (Å²) in [4.78, 5) is 19.9. The quantitative estimate of drug-likeness (QED) is 0.869. The minimum atomic E-state index is -0.531. The van der Waals surface area contributed by atoms with E-state index in [-0.39, 0.29) is 0 Å². The van der Waals surface area contributed by atoms with Crippen molar-refractivity contribution in [2.24, 2.45) is 0 Å². The first-order valence-electron chi connectivity index (χ1n) is 5.84. The number of hydrogen-bond donors (Lipinski definition) is 1. The average molecular weight is 251 g/mol. The topological polar surface area (TPSA) is 73.3 Å². The number of hydrogen-bond acceptors (Lipinski definition) is 5. The van der Waals surface area contributed by atoms with Crippen LogP contribution in [0.1, 0.15) is 32.4 Å². The highest BCUT2D eigenvalue weighted by Crippen LogP contribution is 2.21. The number of amides is 1. The number of carbonyl (C=O) groups is 1. The molecule has 0 aliphatic carbocycles. The molecule has 0 atom stereocenters. The Hall–Kier alpha value is -1.69. The summed E-state index contributed by atoms with van der Waals surface area (Å²) in [5.74, 6) is 0.710. The van der Waals surface area contributed by atoms with Gasteiger partial charge in [0.05, 0.1) is 31.3 Å². The normalized spacial score (nSPS) is 15.9. The molecule has 1 amide bonds. The maximum Gasteiger partial charge on any atom is 0.413 e. The molecule has 1 N–H and O–H groups in total. The van der Waals surface area contributed by atoms with Crippen LogP contribution in [0, 0.1) is 0 Å². The first-order valence-corrected chi connectivity index (χ1v) is 5.84. The first kappa shape index (κ1) is 12.8. The fourth-order valence-corrected chi connectivity index (χ4v) is 1.43. The summed E-state index contributed by atoms with van der Waals surface area (Å²) in [6.07, 6.45) is 2.65. The van der Waals surface area contributed by atoms with Gasteiger partial charge in [0.15, 0.2) is 5.82 Å². The number of aromatic nitrogens is 2. The Balaban J connectivity index is 1.91. The zero-order chi connectivity index (χ0) is 13.2. The molecule has 0 spiro atoms. The summed E-state index contributed by atoms with van der Waals surface area (Å²) in [6, 6.07) is 0. The second-order valence-corrected chi connectivity index (χ2v) is 5.19. The predicted octanol–water partition coefficient (Wildman–Crippen LogP) is 1.94. The monoisotopic (exact) mass is 251 g/mol. The van der Waals surface area contributed by atoms with Crippen LogP contribution in [0.5, 0.6) is 0 Å². The third kappa shape index (κ3) is 3.40. The van der Waals surface area contributed by atoms with Crippen LogP contribution >= 0.6 is 0 Å². The first-order chi connectivity index (χ1) is 8.44. The van der Waals surface area contributed by atoms with Crippen LogP contribution in [0.15, 0.2) is 12.4 Å². The van der Waals surface area contributed by atoms with Crippen molar-refractivity contribution < 1.29 is 14.3 Å². The van der Waals surface area contributed by atoms with E-state index < -0.39 is 11.7 Å². The van der Waals surface area contributed by atoms with E-state index in [0.717, 1.165) is 5.69 Å². The minimum Gasteiger partial charge on any atom is -0.444 e. The molecule has 0 bridgehead atoms. The fourth-order valence-electron chi connectivity index (χ4n) is 1.43. The maximum absolute atomic E-state index is 11.5. The molecular formula is C12H17N3O3. The van der Waals surface area contributed by atoms with Gasteiger partial charge in [0, 0.05) is 5.92 Å². The van der Waals surface area contributed by atoms with Gasteiger partial charge in [0.25, 0.3) is 0 Å². The molecule has 1 saturated heterocycles. The molecule has 6 nitrogen and oxygen atoms in total. The summed E-state index contributed by atoms with van der Waals surface area (Å²) in [5.41, 5.74) is 0.358. The molecular weight excluding hydrogens is 234 g/mol. The third-order valence-corrected chi connectivity index (χ3v) is 2.36. The number of anilines is 1. The summed E-state index contributed by atoms with van der Waals surface area (Å²) in [6.45, 7) is 6.79. The molecule has 0 radical (unpaired) electrons. The van der Waals surface area contributed by atoms with Crippen molar-refractivity contribution >= 4 is 11.9 Å². The number of nitrogens with one attached hydrogen (secondary N) is 1. The molecule has 1 aliphatic heterocycles. The van der Waals surface area contributed by atoms with Crippen molar-refractivity contribution in [1.82, 2.24) is 9.97 Å². The molecule has 2 rings (SSSR count). The lowest BCUT2D eigenvalue weighted by Crippen LogP contribution is -2.28. The Kier molecular flexibility index (Phi) is 3.47. The minimum absolute atomic E-state index is 0.327. The van der Waals surface area contributed by atoms with Crippen molar-refractivity contribution in [2.45, 2.75) is 32.3 Å². The van der Waals surface area contributed by atoms with Gasteiger partial charge in [-0.2, -0.15) is 0 Å². The van der Waals surface area contributed by atoms with E-state index in [1.807, 2.05) is 0 Å². The van der Waals surface area contributed by atoms with Gasteiger partial charge in [-0.15, -0.1) is 0 Å². The van der Waals surface area contributed by atoms with Gasteiger partial charge in [-0.05, 0) is 20.8 Å². The molecule has 2 heterocycles. The van der Waals surface area contributed by atoms with E-state index in [2.05, 4.69) is 15.3 Å². The maximum atomic E-state index is 11.5. The molecule has 98 valence electrons. The van der Waals surface area contributed by atoms with Crippen LogP contribution in [0.25, 0.3) is 0 Å². The molecule has 0 saturated carbocycles. The van der Waals surface area contributed by atoms with E-state index in [0.29, 0.717) is 24.9 Å². The van der Waals surface area contributed by atoms with E-state index in [1.165, 1.54) is 6.20 Å². The van der Waals surface area contributed by atoms with E-state index in [1.54, 1.807) is 27.0 Å². The Labute approximate surface area is 106 Å². The second-order valence-electron chi connectivity index (χ2n) is 5.19. The largest absolute Gasteiger partial charge is 0.444 e. The average Bonchev–Trinajstić information content (AvgIpc) is 2.15. The van der Waals surface area contributed by atoms with Crippen LogP contribution in [-0.4, -0.2) is 34.9 Å². The van der Waals surface area contributed by atoms with Gasteiger partial charge < -0.3 is 9.47 Å². The molecule has 0 unspecified atom stereocenters. The van der Waals surface area contributed by atoms with Crippen molar-refractivity contribution in [3.63, 3.8) is 0 Å². The number of rotatable bonds is 2. The van der Waals surface area contributed by atoms with Crippen LogP contribution in [-0.2, 0) is 9.47 Å². The van der Waals surface area contributed by atoms with Crippen LogP contribution < -0.4 is 5.32 Å². The Morgan fingerprint density at radius 1 is 1.39 bits per heavy atom. The number of nitrogens with zero attached hydrogens (tertiary/aromatic N) is 2. The van der Waals surface area contributed by atoms with Crippen molar-refractivity contribution in [3.05, 3.63) is 18.1 Å². The molecule has 1 fully saturated rings. The number of carbonyl (C=O) groups excluding carboxylic acids is 1. The van der Waals surface area contributed by atoms with Crippen LogP contribution in [0.2, 0.25) is 0 Å². The summed E-state index contributed by atoms with van der Waals surface area (Å²) in [7, 11) is 0. The summed E-state index contributed by atoms with van der Waals surface area (Å²) in [5, 5.41) is 2.53. The third-order valence-electron chi connectivity index (χ3n) is 2.36. The molecule has 6 heteroatoms. The highest BCUT2D eigenvalue weighted by Gasteiger charge is 2.22. The van der Waals surface area contributed by atoms with Crippen LogP contribution in [0.4, 0.5) is 10.6 Å². The van der Waals surface area contributed by atoms with Gasteiger partial charge in [-0.25, -0.2) is 9.78 Å². The van der Waals surface area contributed by atoms with Crippen molar-refractivity contribution in [3.8, 4) is 0 Å². The molecule has 1 aromatic rings. The van der Waals surface area contributed by atoms with E-state index >= 15 is 0 Å². The van der Waals surface area contributed by atoms with E-state index in [9.17, 15) is 4.79 Å². The van der Waals surface area contributed by atoms with Gasteiger partial charge >= 0.3 is 6.09 Å². The van der Waals surface area contributed by atoms with Crippen LogP contribution in [0.3, 0.4) is 0 Å². The Morgan fingerprint density at radius 3 is 2.56 bits per heavy atom. The molecule has 1 aliphatic rings. The zero-order valence-corrected chi connectivity index (χ0v) is 10.8. The summed E-state index contributed by atoms with van der Waals surface area (Å²) < 4.78 is 10.2. The van der Waals surface area contributed by atoms with Gasteiger partial charge in [0.1, 0.15) is 5.60 Å². The highest BCUT2D eigenvalue weighted by atomic mass is 16.6. The number of ether oxygens (including phenoxy) is 2. The second kappa shape index (κ2) is 4.89. The van der Waals surface area contributed by atoms with Crippen molar-refractivity contribution in [1.29, 1.82) is 0 Å². The van der Waals surface area contributed by atoms with E-state index in [4.69, 9.17) is 9.47 Å². The lowest BCUT2D eigenvalue weighted by atomic mass is 10.1. The highest BCUT2D eigenvalue weighted by molar-refractivity contribution is 5.83.